The standard InChI is InChI=1S/C25H29Cl2F3N4O4/c1-13-7-14(5-6-15(13)23(37)38)34-21(25(28,29)30)16(8-32-34)22(36)33(12-24(2,3)4)11-19(35)20-17(26)9-31-10-18(20)27/h8-10,13-15H,5-7,11-12H2,1-4H3,(H,37,38)/t13?,14?,15-/m1/s1. The molecule has 8 nitrogen and oxygen atoms in total. The summed E-state index contributed by atoms with van der Waals surface area (Å²) in [7, 11) is 0. The van der Waals surface area contributed by atoms with Crippen molar-refractivity contribution in [2.24, 2.45) is 17.3 Å². The fraction of sp³-hybridized carbons (Fsp3) is 0.560. The number of amides is 1. The van der Waals surface area contributed by atoms with E-state index in [4.69, 9.17) is 23.2 Å². The molecule has 0 bridgehead atoms. The number of alkyl halides is 3. The van der Waals surface area contributed by atoms with Crippen molar-refractivity contribution in [3.05, 3.63) is 45.5 Å². The van der Waals surface area contributed by atoms with Gasteiger partial charge in [0.05, 0.1) is 45.9 Å². The average Bonchev–Trinajstić information content (AvgIpc) is 3.22. The Morgan fingerprint density at radius 1 is 1.11 bits per heavy atom. The number of pyridine rings is 1. The van der Waals surface area contributed by atoms with Crippen molar-refractivity contribution in [2.75, 3.05) is 13.1 Å². The quantitative estimate of drug-likeness (QED) is 0.403. The van der Waals surface area contributed by atoms with Crippen LogP contribution in [0.5, 0.6) is 0 Å². The number of carbonyl (C=O) groups excluding carboxylic acids is 2. The van der Waals surface area contributed by atoms with E-state index in [1.807, 2.05) is 0 Å². The van der Waals surface area contributed by atoms with Gasteiger partial charge in [0.15, 0.2) is 11.5 Å². The molecule has 0 aromatic carbocycles. The molecule has 2 aromatic heterocycles. The normalized spacial score (nSPS) is 20.3. The Morgan fingerprint density at radius 3 is 2.21 bits per heavy atom. The van der Waals surface area contributed by atoms with Gasteiger partial charge in [-0.05, 0) is 30.6 Å². The largest absolute Gasteiger partial charge is 0.481 e. The minimum atomic E-state index is -4.93. The lowest BCUT2D eigenvalue weighted by atomic mass is 9.78. The summed E-state index contributed by atoms with van der Waals surface area (Å²) in [6.07, 6.45) is -1.11. The molecule has 3 atom stereocenters. The summed E-state index contributed by atoms with van der Waals surface area (Å²) in [5.74, 6) is -3.68. The van der Waals surface area contributed by atoms with E-state index in [9.17, 15) is 32.7 Å². The molecule has 0 saturated heterocycles. The highest BCUT2D eigenvalue weighted by atomic mass is 35.5. The van der Waals surface area contributed by atoms with Gasteiger partial charge in [0.2, 0.25) is 0 Å². The number of carboxylic acid groups (broad SMARTS) is 1. The fourth-order valence-corrected chi connectivity index (χ4v) is 5.48. The van der Waals surface area contributed by atoms with E-state index in [-0.39, 0.29) is 47.3 Å². The van der Waals surface area contributed by atoms with Crippen LogP contribution in [-0.4, -0.2) is 55.5 Å². The number of hydrogen-bond donors (Lipinski definition) is 1. The molecule has 38 heavy (non-hydrogen) atoms. The Kier molecular flexibility index (Phi) is 8.82. The molecule has 0 spiro atoms. The first-order chi connectivity index (χ1) is 17.5. The van der Waals surface area contributed by atoms with Crippen LogP contribution in [0.25, 0.3) is 0 Å². The van der Waals surface area contributed by atoms with Gasteiger partial charge < -0.3 is 10.0 Å². The first-order valence-electron chi connectivity index (χ1n) is 12.0. The molecule has 0 radical (unpaired) electrons. The molecule has 208 valence electrons. The number of ketones is 1. The first-order valence-corrected chi connectivity index (χ1v) is 12.8. The van der Waals surface area contributed by atoms with E-state index >= 15 is 0 Å². The number of carbonyl (C=O) groups is 3. The second kappa shape index (κ2) is 11.2. The molecular formula is C25H29Cl2F3N4O4. The minimum absolute atomic E-state index is 0.0405. The van der Waals surface area contributed by atoms with Crippen LogP contribution in [0.2, 0.25) is 10.0 Å². The van der Waals surface area contributed by atoms with Crippen LogP contribution < -0.4 is 0 Å². The third kappa shape index (κ3) is 6.66. The monoisotopic (exact) mass is 576 g/mol. The van der Waals surface area contributed by atoms with Crippen LogP contribution in [-0.2, 0) is 11.0 Å². The lowest BCUT2D eigenvalue weighted by molar-refractivity contribution is -0.149. The molecule has 13 heteroatoms. The number of nitrogens with zero attached hydrogens (tertiary/aromatic N) is 4. The number of aliphatic carboxylic acids is 1. The smallest absolute Gasteiger partial charge is 0.433 e. The zero-order valence-corrected chi connectivity index (χ0v) is 22.9. The second-order valence-electron chi connectivity index (χ2n) is 10.9. The summed E-state index contributed by atoms with van der Waals surface area (Å²) in [5.41, 5.74) is -2.55. The summed E-state index contributed by atoms with van der Waals surface area (Å²) in [4.78, 5) is 43.0. The maximum atomic E-state index is 14.4. The number of hydrogen-bond acceptors (Lipinski definition) is 5. The van der Waals surface area contributed by atoms with Crippen LogP contribution in [0.3, 0.4) is 0 Å². The van der Waals surface area contributed by atoms with E-state index < -0.39 is 59.0 Å². The Labute approximate surface area is 228 Å². The lowest BCUT2D eigenvalue weighted by Crippen LogP contribution is -2.42. The van der Waals surface area contributed by atoms with Gasteiger partial charge in [-0.25, -0.2) is 0 Å². The molecular weight excluding hydrogens is 548 g/mol. The predicted molar refractivity (Wildman–Crippen MR) is 134 cm³/mol. The molecule has 1 saturated carbocycles. The molecule has 3 rings (SSSR count). The molecule has 2 heterocycles. The summed E-state index contributed by atoms with van der Waals surface area (Å²) in [5, 5.41) is 13.2. The SMILES string of the molecule is CC1CC(n2ncc(C(=O)N(CC(=O)c3c(Cl)cncc3Cl)CC(C)(C)C)c2C(F)(F)F)CC[C@H]1C(=O)O. The highest BCUT2D eigenvalue weighted by Gasteiger charge is 2.44. The Hall–Kier alpha value is -2.66. The zero-order chi connectivity index (χ0) is 28.6. The molecule has 1 N–H and O–H groups in total. The molecule has 1 fully saturated rings. The number of carboxylic acids is 1. The van der Waals surface area contributed by atoms with Crippen LogP contribution in [0.1, 0.15) is 79.4 Å². The van der Waals surface area contributed by atoms with Crippen molar-refractivity contribution < 1.29 is 32.7 Å². The minimum Gasteiger partial charge on any atom is -0.481 e. The molecule has 1 amide bonds. The van der Waals surface area contributed by atoms with E-state index in [2.05, 4.69) is 10.1 Å². The topological polar surface area (TPSA) is 105 Å². The summed E-state index contributed by atoms with van der Waals surface area (Å²) < 4.78 is 43.9. The van der Waals surface area contributed by atoms with Crippen molar-refractivity contribution in [3.63, 3.8) is 0 Å². The van der Waals surface area contributed by atoms with E-state index in [0.29, 0.717) is 0 Å². The zero-order valence-electron chi connectivity index (χ0n) is 21.4. The average molecular weight is 577 g/mol. The van der Waals surface area contributed by atoms with Crippen molar-refractivity contribution in [3.8, 4) is 0 Å². The highest BCUT2D eigenvalue weighted by Crippen LogP contribution is 2.41. The van der Waals surface area contributed by atoms with Crippen LogP contribution >= 0.6 is 23.2 Å². The predicted octanol–water partition coefficient (Wildman–Crippen LogP) is 6.04. The van der Waals surface area contributed by atoms with Crippen molar-refractivity contribution in [1.82, 2.24) is 19.7 Å². The van der Waals surface area contributed by atoms with Crippen LogP contribution in [0.4, 0.5) is 13.2 Å². The molecule has 0 aliphatic heterocycles. The lowest BCUT2D eigenvalue weighted by Gasteiger charge is -2.33. The van der Waals surface area contributed by atoms with Crippen molar-refractivity contribution in [2.45, 2.75) is 59.2 Å². The van der Waals surface area contributed by atoms with E-state index in [1.54, 1.807) is 27.7 Å². The van der Waals surface area contributed by atoms with Crippen molar-refractivity contribution >= 4 is 40.9 Å². The van der Waals surface area contributed by atoms with Gasteiger partial charge in [0, 0.05) is 18.9 Å². The molecule has 1 aliphatic rings. The molecule has 2 aromatic rings. The second-order valence-corrected chi connectivity index (χ2v) is 11.7. The number of rotatable bonds is 7. The van der Waals surface area contributed by atoms with Gasteiger partial charge in [0.25, 0.3) is 5.91 Å². The van der Waals surface area contributed by atoms with Gasteiger partial charge in [-0.3, -0.25) is 24.0 Å². The van der Waals surface area contributed by atoms with Gasteiger partial charge >= 0.3 is 12.1 Å². The van der Waals surface area contributed by atoms with Gasteiger partial charge in [-0.15, -0.1) is 0 Å². The van der Waals surface area contributed by atoms with Gasteiger partial charge in [0.1, 0.15) is 0 Å². The Bertz CT molecular complexity index is 1210. The summed E-state index contributed by atoms with van der Waals surface area (Å²) in [6.45, 7) is 6.41. The van der Waals surface area contributed by atoms with Gasteiger partial charge in [-0.2, -0.15) is 18.3 Å². The summed E-state index contributed by atoms with van der Waals surface area (Å²) >= 11 is 12.2. The van der Waals surface area contributed by atoms with E-state index in [0.717, 1.165) is 15.8 Å². The molecule has 2 unspecified atom stereocenters. The number of Topliss-reactive ketones (excluding diaryl/α,β-unsaturated/α-hetero) is 1. The Balaban J connectivity index is 1.99. The van der Waals surface area contributed by atoms with Gasteiger partial charge in [-0.1, -0.05) is 50.9 Å². The van der Waals surface area contributed by atoms with E-state index in [1.165, 1.54) is 12.4 Å². The van der Waals surface area contributed by atoms with Crippen LogP contribution in [0.15, 0.2) is 18.6 Å². The Morgan fingerprint density at radius 2 is 1.71 bits per heavy atom. The van der Waals surface area contributed by atoms with Crippen molar-refractivity contribution in [1.29, 1.82) is 0 Å². The molecule has 1 aliphatic carbocycles. The first kappa shape index (κ1) is 29.9. The fourth-order valence-electron chi connectivity index (χ4n) is 4.91. The van der Waals surface area contributed by atoms with Crippen LogP contribution in [0, 0.1) is 17.3 Å². The number of halogens is 5. The highest BCUT2D eigenvalue weighted by molar-refractivity contribution is 6.39. The third-order valence-electron chi connectivity index (χ3n) is 6.52. The third-order valence-corrected chi connectivity index (χ3v) is 7.09. The maximum Gasteiger partial charge on any atom is 0.433 e. The maximum absolute atomic E-state index is 14.4. The number of aromatic nitrogens is 3. The summed E-state index contributed by atoms with van der Waals surface area (Å²) in [6, 6.07) is -0.731.